The number of hydrogen-bond donors (Lipinski definition) is 1. The molecular formula is C10H20N2O. The van der Waals surface area contributed by atoms with Gasteiger partial charge < -0.3 is 10.6 Å². The lowest BCUT2D eigenvalue weighted by atomic mass is 9.67. The first kappa shape index (κ1) is 10.5. The molecule has 0 spiro atoms. The Kier molecular flexibility index (Phi) is 2.96. The summed E-state index contributed by atoms with van der Waals surface area (Å²) >= 11 is 0. The van der Waals surface area contributed by atoms with Crippen molar-refractivity contribution >= 4 is 5.71 Å². The Morgan fingerprint density at radius 3 is 2.62 bits per heavy atom. The first-order valence-electron chi connectivity index (χ1n) is 4.87. The molecule has 1 aliphatic carbocycles. The van der Waals surface area contributed by atoms with Crippen LogP contribution in [0.1, 0.15) is 34.1 Å². The van der Waals surface area contributed by atoms with Crippen LogP contribution in [-0.2, 0) is 4.74 Å². The fraction of sp³-hybridized carbons (Fsp3) is 0.900. The highest BCUT2D eigenvalue weighted by Crippen LogP contribution is 2.39. The summed E-state index contributed by atoms with van der Waals surface area (Å²) in [5, 5.41) is 3.76. The molecule has 0 aromatic carbocycles. The second-order valence-electron chi connectivity index (χ2n) is 4.72. The van der Waals surface area contributed by atoms with E-state index in [9.17, 15) is 0 Å². The van der Waals surface area contributed by atoms with Crippen LogP contribution in [0.4, 0.5) is 0 Å². The summed E-state index contributed by atoms with van der Waals surface area (Å²) in [6.45, 7) is 9.40. The van der Waals surface area contributed by atoms with Crippen LogP contribution in [-0.4, -0.2) is 18.4 Å². The molecule has 76 valence electrons. The topological polar surface area (TPSA) is 47.6 Å². The van der Waals surface area contributed by atoms with E-state index in [0.29, 0.717) is 12.0 Å². The lowest BCUT2D eigenvalue weighted by Gasteiger charge is -2.45. The molecule has 1 rings (SSSR count). The molecule has 0 aromatic rings. The third-order valence-corrected chi connectivity index (χ3v) is 2.71. The van der Waals surface area contributed by atoms with Crippen molar-refractivity contribution in [1.29, 1.82) is 0 Å². The summed E-state index contributed by atoms with van der Waals surface area (Å²) in [7, 11) is 0. The summed E-state index contributed by atoms with van der Waals surface area (Å²) in [5.74, 6) is 5.85. The van der Waals surface area contributed by atoms with Gasteiger partial charge >= 0.3 is 0 Å². The van der Waals surface area contributed by atoms with Crippen molar-refractivity contribution in [3.8, 4) is 0 Å². The van der Waals surface area contributed by atoms with Crippen molar-refractivity contribution in [3.05, 3.63) is 0 Å². The van der Waals surface area contributed by atoms with E-state index in [2.05, 4.69) is 32.8 Å². The third kappa shape index (κ3) is 2.02. The quantitative estimate of drug-likeness (QED) is 0.537. The van der Waals surface area contributed by atoms with Gasteiger partial charge in [0, 0.05) is 24.2 Å². The standard InChI is InChI=1S/C10H20N2O/c1-7(2)6-13-9-5-8(12-11)10(9,3)4/h7,9H,5-6,11H2,1-4H3/b12-8+. The molecule has 1 fully saturated rings. The van der Waals surface area contributed by atoms with Crippen molar-refractivity contribution in [1.82, 2.24) is 0 Å². The van der Waals surface area contributed by atoms with Gasteiger partial charge in [-0.25, -0.2) is 0 Å². The van der Waals surface area contributed by atoms with Gasteiger partial charge in [0.05, 0.1) is 6.10 Å². The Bertz CT molecular complexity index is 209. The fourth-order valence-corrected chi connectivity index (χ4v) is 1.54. The average molecular weight is 184 g/mol. The molecule has 13 heavy (non-hydrogen) atoms. The molecule has 0 bridgehead atoms. The number of ether oxygens (including phenoxy) is 1. The molecule has 0 radical (unpaired) electrons. The predicted octanol–water partition coefficient (Wildman–Crippen LogP) is 1.77. The van der Waals surface area contributed by atoms with Crippen molar-refractivity contribution in [2.45, 2.75) is 40.2 Å². The van der Waals surface area contributed by atoms with Crippen molar-refractivity contribution in [3.63, 3.8) is 0 Å². The van der Waals surface area contributed by atoms with Gasteiger partial charge in [-0.3, -0.25) is 0 Å². The van der Waals surface area contributed by atoms with E-state index >= 15 is 0 Å². The van der Waals surface area contributed by atoms with Crippen LogP contribution >= 0.6 is 0 Å². The highest BCUT2D eigenvalue weighted by molar-refractivity contribution is 5.96. The second kappa shape index (κ2) is 3.66. The van der Waals surface area contributed by atoms with E-state index in [1.807, 2.05) is 0 Å². The van der Waals surface area contributed by atoms with E-state index in [1.165, 1.54) is 0 Å². The Labute approximate surface area is 80.3 Å². The molecule has 0 aliphatic heterocycles. The van der Waals surface area contributed by atoms with Gasteiger partial charge in [-0.1, -0.05) is 27.7 Å². The molecule has 1 unspecified atom stereocenters. The van der Waals surface area contributed by atoms with Crippen LogP contribution in [0.15, 0.2) is 5.10 Å². The molecule has 0 heterocycles. The summed E-state index contributed by atoms with van der Waals surface area (Å²) < 4.78 is 5.75. The molecule has 2 N–H and O–H groups in total. The minimum atomic E-state index is 0.0453. The maximum Gasteiger partial charge on any atom is 0.0731 e. The average Bonchev–Trinajstić information content (AvgIpc) is 2.02. The Morgan fingerprint density at radius 1 is 1.62 bits per heavy atom. The molecule has 3 heteroatoms. The third-order valence-electron chi connectivity index (χ3n) is 2.71. The molecule has 1 aliphatic rings. The highest BCUT2D eigenvalue weighted by Gasteiger charge is 2.46. The maximum absolute atomic E-state index is 5.75. The number of hydrogen-bond acceptors (Lipinski definition) is 3. The lowest BCUT2D eigenvalue weighted by molar-refractivity contribution is -0.0313. The minimum Gasteiger partial charge on any atom is -0.377 e. The van der Waals surface area contributed by atoms with Crippen LogP contribution < -0.4 is 5.84 Å². The Balaban J connectivity index is 2.40. The van der Waals surface area contributed by atoms with Crippen LogP contribution in [0.3, 0.4) is 0 Å². The summed E-state index contributed by atoms with van der Waals surface area (Å²) in [6, 6.07) is 0. The smallest absolute Gasteiger partial charge is 0.0731 e. The first-order valence-corrected chi connectivity index (χ1v) is 4.87. The largest absolute Gasteiger partial charge is 0.377 e. The number of nitrogens with two attached hydrogens (primary N) is 1. The van der Waals surface area contributed by atoms with E-state index in [0.717, 1.165) is 18.7 Å². The van der Waals surface area contributed by atoms with Crippen LogP contribution in [0.2, 0.25) is 0 Å². The summed E-state index contributed by atoms with van der Waals surface area (Å²) in [5.41, 5.74) is 1.12. The highest BCUT2D eigenvalue weighted by atomic mass is 16.5. The molecule has 3 nitrogen and oxygen atoms in total. The van der Waals surface area contributed by atoms with Gasteiger partial charge in [-0.05, 0) is 5.92 Å². The van der Waals surface area contributed by atoms with Crippen LogP contribution in [0, 0.1) is 11.3 Å². The molecule has 0 amide bonds. The van der Waals surface area contributed by atoms with Gasteiger partial charge in [-0.2, -0.15) is 5.10 Å². The molecule has 1 saturated carbocycles. The molecule has 0 aromatic heterocycles. The van der Waals surface area contributed by atoms with E-state index < -0.39 is 0 Å². The van der Waals surface area contributed by atoms with Gasteiger partial charge in [0.1, 0.15) is 0 Å². The summed E-state index contributed by atoms with van der Waals surface area (Å²) in [4.78, 5) is 0. The van der Waals surface area contributed by atoms with E-state index in [-0.39, 0.29) is 5.41 Å². The van der Waals surface area contributed by atoms with E-state index in [1.54, 1.807) is 0 Å². The zero-order valence-electron chi connectivity index (χ0n) is 9.00. The van der Waals surface area contributed by atoms with E-state index in [4.69, 9.17) is 10.6 Å². The first-order chi connectivity index (χ1) is 5.98. The van der Waals surface area contributed by atoms with Gasteiger partial charge in [0.2, 0.25) is 0 Å². The Hall–Kier alpha value is -0.570. The summed E-state index contributed by atoms with van der Waals surface area (Å²) in [6.07, 6.45) is 1.20. The predicted molar refractivity (Wildman–Crippen MR) is 54.6 cm³/mol. The lowest BCUT2D eigenvalue weighted by Crippen LogP contribution is -2.52. The Morgan fingerprint density at radius 2 is 2.23 bits per heavy atom. The van der Waals surface area contributed by atoms with Crippen LogP contribution in [0.25, 0.3) is 0 Å². The minimum absolute atomic E-state index is 0.0453. The number of rotatable bonds is 3. The normalized spacial score (nSPS) is 29.3. The number of hydrazone groups is 1. The van der Waals surface area contributed by atoms with Crippen LogP contribution in [0.5, 0.6) is 0 Å². The number of nitrogens with zero attached hydrogens (tertiary/aromatic N) is 1. The molecule has 1 atom stereocenters. The molecule has 0 saturated heterocycles. The monoisotopic (exact) mass is 184 g/mol. The second-order valence-corrected chi connectivity index (χ2v) is 4.72. The zero-order valence-corrected chi connectivity index (χ0v) is 9.00. The van der Waals surface area contributed by atoms with Gasteiger partial charge in [0.25, 0.3) is 0 Å². The van der Waals surface area contributed by atoms with Crippen molar-refractivity contribution in [2.24, 2.45) is 22.3 Å². The van der Waals surface area contributed by atoms with Gasteiger partial charge in [0.15, 0.2) is 0 Å². The fourth-order valence-electron chi connectivity index (χ4n) is 1.54. The zero-order chi connectivity index (χ0) is 10.1. The van der Waals surface area contributed by atoms with Crippen molar-refractivity contribution < 1.29 is 4.74 Å². The van der Waals surface area contributed by atoms with Crippen molar-refractivity contribution in [2.75, 3.05) is 6.61 Å². The van der Waals surface area contributed by atoms with Gasteiger partial charge in [-0.15, -0.1) is 0 Å². The maximum atomic E-state index is 5.75. The SMILES string of the molecule is CC(C)COC1C/C(=N\N)C1(C)C. The molecular weight excluding hydrogens is 164 g/mol.